The van der Waals surface area contributed by atoms with Gasteiger partial charge in [-0.2, -0.15) is 0 Å². The Morgan fingerprint density at radius 3 is 1.64 bits per heavy atom. The molecule has 1 heteroatoms. The van der Waals surface area contributed by atoms with E-state index in [0.29, 0.717) is 0 Å². The minimum atomic E-state index is 1.05. The molecule has 64 valence electrons. The molecule has 0 amide bonds. The molecule has 11 heavy (non-hydrogen) atoms. The Hall–Kier alpha value is -0.720. The van der Waals surface area contributed by atoms with E-state index in [2.05, 4.69) is 50.2 Å². The van der Waals surface area contributed by atoms with Crippen molar-refractivity contribution in [2.75, 3.05) is 6.54 Å². The third-order valence-electron chi connectivity index (χ3n) is 1.43. The molecule has 0 aliphatic heterocycles. The minimum absolute atomic E-state index is 1.05. The summed E-state index contributed by atoms with van der Waals surface area (Å²) in [5.74, 6) is 0. The molecule has 0 fully saturated rings. The molecule has 0 bridgehead atoms. The largest absolute Gasteiger partial charge is 0.355 e. The summed E-state index contributed by atoms with van der Waals surface area (Å²) in [6, 6.07) is 0. The Morgan fingerprint density at radius 2 is 1.36 bits per heavy atom. The van der Waals surface area contributed by atoms with Crippen LogP contribution in [0.25, 0.3) is 0 Å². The highest BCUT2D eigenvalue weighted by atomic mass is 15.1. The zero-order chi connectivity index (χ0) is 8.53. The molecule has 1 nitrogen and oxygen atoms in total. The second-order valence-corrected chi connectivity index (χ2v) is 2.42. The topological polar surface area (TPSA) is 3.24 Å². The van der Waals surface area contributed by atoms with E-state index in [0.717, 1.165) is 19.4 Å². The quantitative estimate of drug-likeness (QED) is 0.586. The first-order chi connectivity index (χ1) is 5.35. The fourth-order valence-corrected chi connectivity index (χ4v) is 0.742. The molecular weight excluding hydrogens is 134 g/mol. The van der Waals surface area contributed by atoms with E-state index in [4.69, 9.17) is 0 Å². The predicted octanol–water partition coefficient (Wildman–Crippen LogP) is 3.16. The van der Waals surface area contributed by atoms with E-state index < -0.39 is 0 Å². The van der Waals surface area contributed by atoms with Gasteiger partial charge in [-0.05, 0) is 32.2 Å². The van der Waals surface area contributed by atoms with Gasteiger partial charge < -0.3 is 4.90 Å². The van der Waals surface area contributed by atoms with Crippen molar-refractivity contribution in [1.29, 1.82) is 0 Å². The lowest BCUT2D eigenvalue weighted by molar-refractivity contribution is 0.533. The van der Waals surface area contributed by atoms with Crippen LogP contribution in [0.3, 0.4) is 0 Å². The summed E-state index contributed by atoms with van der Waals surface area (Å²) >= 11 is 0. The van der Waals surface area contributed by atoms with Crippen LogP contribution in [0.4, 0.5) is 0 Å². The maximum absolute atomic E-state index is 2.19. The third kappa shape index (κ3) is 5.71. The predicted molar refractivity (Wildman–Crippen MR) is 51.2 cm³/mol. The lowest BCUT2D eigenvalue weighted by Gasteiger charge is -2.11. The lowest BCUT2D eigenvalue weighted by atomic mass is 10.4. The highest BCUT2D eigenvalue weighted by Crippen LogP contribution is 1.93. The Bertz CT molecular complexity index is 111. The third-order valence-corrected chi connectivity index (χ3v) is 1.43. The summed E-state index contributed by atoms with van der Waals surface area (Å²) in [6.07, 6.45) is 10.8. The van der Waals surface area contributed by atoms with Gasteiger partial charge in [-0.15, -0.1) is 0 Å². The van der Waals surface area contributed by atoms with Gasteiger partial charge in [0, 0.05) is 6.54 Å². The van der Waals surface area contributed by atoms with Crippen LogP contribution in [0, 0.1) is 0 Å². The van der Waals surface area contributed by atoms with Gasteiger partial charge in [0.2, 0.25) is 0 Å². The zero-order valence-corrected chi connectivity index (χ0v) is 7.88. The number of hydrogen-bond acceptors (Lipinski definition) is 1. The molecule has 0 unspecified atom stereocenters. The summed E-state index contributed by atoms with van der Waals surface area (Å²) in [7, 11) is 0. The van der Waals surface area contributed by atoms with Gasteiger partial charge in [0.15, 0.2) is 0 Å². The van der Waals surface area contributed by atoms with Gasteiger partial charge in [-0.3, -0.25) is 0 Å². The van der Waals surface area contributed by atoms with Gasteiger partial charge >= 0.3 is 0 Å². The van der Waals surface area contributed by atoms with Gasteiger partial charge in [-0.25, -0.2) is 0 Å². The molecule has 0 saturated heterocycles. The van der Waals surface area contributed by atoms with Gasteiger partial charge in [0.25, 0.3) is 0 Å². The van der Waals surface area contributed by atoms with Crippen LogP contribution < -0.4 is 0 Å². The minimum Gasteiger partial charge on any atom is -0.355 e. The average Bonchev–Trinajstić information content (AvgIpc) is 2.05. The van der Waals surface area contributed by atoms with Crippen molar-refractivity contribution >= 4 is 0 Å². The van der Waals surface area contributed by atoms with Crippen molar-refractivity contribution < 1.29 is 0 Å². The standard InChI is InChI=1S/C10H19N/c1-4-7-9-11(6-3)10-8-5-2/h7-10H,4-6H2,1-3H3. The van der Waals surface area contributed by atoms with Crippen molar-refractivity contribution in [2.24, 2.45) is 0 Å². The molecule has 0 aliphatic rings. The van der Waals surface area contributed by atoms with Crippen LogP contribution in [-0.4, -0.2) is 11.4 Å². The molecule has 0 rings (SSSR count). The van der Waals surface area contributed by atoms with Crippen molar-refractivity contribution in [2.45, 2.75) is 33.6 Å². The van der Waals surface area contributed by atoms with Crippen molar-refractivity contribution in [3.63, 3.8) is 0 Å². The molecule has 0 aromatic rings. The Balaban J connectivity index is 3.75. The SMILES string of the molecule is CCC=CN(C=CCC)CC. The Morgan fingerprint density at radius 1 is 0.909 bits per heavy atom. The first kappa shape index (κ1) is 10.3. The van der Waals surface area contributed by atoms with E-state index in [-0.39, 0.29) is 0 Å². The maximum atomic E-state index is 2.19. The molecule has 0 spiro atoms. The molecule has 0 atom stereocenters. The highest BCUT2D eigenvalue weighted by Gasteiger charge is 1.84. The Labute approximate surface area is 70.4 Å². The fourth-order valence-electron chi connectivity index (χ4n) is 0.742. The first-order valence-corrected chi connectivity index (χ1v) is 4.44. The average molecular weight is 153 g/mol. The van der Waals surface area contributed by atoms with Gasteiger partial charge in [-0.1, -0.05) is 26.0 Å². The normalized spacial score (nSPS) is 11.5. The second-order valence-electron chi connectivity index (χ2n) is 2.42. The van der Waals surface area contributed by atoms with Crippen LogP contribution in [0.15, 0.2) is 24.6 Å². The van der Waals surface area contributed by atoms with E-state index >= 15 is 0 Å². The summed E-state index contributed by atoms with van der Waals surface area (Å²) in [6.45, 7) is 7.49. The first-order valence-electron chi connectivity index (χ1n) is 4.44. The van der Waals surface area contributed by atoms with Gasteiger partial charge in [0.1, 0.15) is 0 Å². The molecule has 0 saturated carbocycles. The molecule has 0 aromatic heterocycles. The molecule has 0 N–H and O–H groups in total. The molecule has 0 radical (unpaired) electrons. The highest BCUT2D eigenvalue weighted by molar-refractivity contribution is 4.90. The monoisotopic (exact) mass is 153 g/mol. The Kier molecular flexibility index (Phi) is 6.90. The summed E-state index contributed by atoms with van der Waals surface area (Å²) < 4.78 is 0. The number of nitrogens with zero attached hydrogens (tertiary/aromatic N) is 1. The van der Waals surface area contributed by atoms with Crippen molar-refractivity contribution in [3.05, 3.63) is 24.6 Å². The fraction of sp³-hybridized carbons (Fsp3) is 0.600. The number of allylic oxidation sites excluding steroid dienone is 2. The molecule has 0 aromatic carbocycles. The number of rotatable bonds is 5. The molecular formula is C10H19N. The van der Waals surface area contributed by atoms with E-state index in [1.54, 1.807) is 0 Å². The molecule has 0 aliphatic carbocycles. The second kappa shape index (κ2) is 7.39. The smallest absolute Gasteiger partial charge is 0.0190 e. The zero-order valence-electron chi connectivity index (χ0n) is 7.88. The van der Waals surface area contributed by atoms with Crippen LogP contribution in [-0.2, 0) is 0 Å². The summed E-state index contributed by atoms with van der Waals surface area (Å²) in [5, 5.41) is 0. The van der Waals surface area contributed by atoms with Crippen molar-refractivity contribution in [1.82, 2.24) is 4.90 Å². The van der Waals surface area contributed by atoms with Crippen molar-refractivity contribution in [3.8, 4) is 0 Å². The van der Waals surface area contributed by atoms with Crippen LogP contribution in [0.5, 0.6) is 0 Å². The summed E-state index contributed by atoms with van der Waals surface area (Å²) in [5.41, 5.74) is 0. The van der Waals surface area contributed by atoms with Crippen LogP contribution in [0.1, 0.15) is 33.6 Å². The van der Waals surface area contributed by atoms with Crippen LogP contribution in [0.2, 0.25) is 0 Å². The number of hydrogen-bond donors (Lipinski definition) is 0. The van der Waals surface area contributed by atoms with Gasteiger partial charge in [0.05, 0.1) is 0 Å². The van der Waals surface area contributed by atoms with E-state index in [1.807, 2.05) is 0 Å². The van der Waals surface area contributed by atoms with E-state index in [1.165, 1.54) is 0 Å². The maximum Gasteiger partial charge on any atom is 0.0190 e. The van der Waals surface area contributed by atoms with Crippen LogP contribution >= 0.6 is 0 Å². The van der Waals surface area contributed by atoms with E-state index in [9.17, 15) is 0 Å². The summed E-state index contributed by atoms with van der Waals surface area (Å²) in [4.78, 5) is 2.19. The lowest BCUT2D eigenvalue weighted by Crippen LogP contribution is -2.07. The molecule has 0 heterocycles.